The molecular weight excluding hydrogens is 376 g/mol. The minimum absolute atomic E-state index is 0.0345. The lowest BCUT2D eigenvalue weighted by atomic mass is 10.1. The van der Waals surface area contributed by atoms with Gasteiger partial charge in [-0.05, 0) is 12.5 Å². The highest BCUT2D eigenvalue weighted by atomic mass is 32.1. The Morgan fingerprint density at radius 1 is 1.42 bits per heavy atom. The Balaban J connectivity index is 1.86. The van der Waals surface area contributed by atoms with Crippen molar-refractivity contribution in [3.63, 3.8) is 0 Å². The van der Waals surface area contributed by atoms with Crippen LogP contribution in [0.25, 0.3) is 4.96 Å². The number of aromatic nitrogens is 3. The molecule has 1 aliphatic heterocycles. The SMILES string of the molecule is COCc1nn2c(CN3CC(CC(C)(F)F)=CC3=O)c(C(F)F)nc2s1. The van der Waals surface area contributed by atoms with Gasteiger partial charge in [-0.1, -0.05) is 11.3 Å². The molecule has 26 heavy (non-hydrogen) atoms. The maximum Gasteiger partial charge on any atom is 0.282 e. The molecule has 0 bridgehead atoms. The van der Waals surface area contributed by atoms with Crippen LogP contribution in [0, 0.1) is 0 Å². The molecule has 142 valence electrons. The molecule has 0 unspecified atom stereocenters. The van der Waals surface area contributed by atoms with Gasteiger partial charge in [-0.3, -0.25) is 4.79 Å². The second-order valence-corrected chi connectivity index (χ2v) is 7.15. The normalized spacial score (nSPS) is 15.6. The van der Waals surface area contributed by atoms with Gasteiger partial charge in [-0.25, -0.2) is 27.1 Å². The van der Waals surface area contributed by atoms with E-state index in [0.717, 1.165) is 24.3 Å². The van der Waals surface area contributed by atoms with Crippen molar-refractivity contribution in [3.05, 3.63) is 28.0 Å². The van der Waals surface area contributed by atoms with Gasteiger partial charge in [0.15, 0.2) is 0 Å². The number of methoxy groups -OCH3 is 1. The van der Waals surface area contributed by atoms with Gasteiger partial charge >= 0.3 is 0 Å². The van der Waals surface area contributed by atoms with Crippen LogP contribution in [0.3, 0.4) is 0 Å². The van der Waals surface area contributed by atoms with Gasteiger partial charge in [0.2, 0.25) is 16.8 Å². The van der Waals surface area contributed by atoms with E-state index in [1.807, 2.05) is 0 Å². The minimum Gasteiger partial charge on any atom is -0.377 e. The number of carbonyl (C=O) groups is 1. The van der Waals surface area contributed by atoms with Crippen molar-refractivity contribution in [2.45, 2.75) is 38.8 Å². The van der Waals surface area contributed by atoms with Crippen molar-refractivity contribution in [1.29, 1.82) is 0 Å². The summed E-state index contributed by atoms with van der Waals surface area (Å²) in [6, 6.07) is 0. The summed E-state index contributed by atoms with van der Waals surface area (Å²) in [5, 5.41) is 4.74. The van der Waals surface area contributed by atoms with Crippen LogP contribution in [-0.2, 0) is 22.7 Å². The lowest BCUT2D eigenvalue weighted by molar-refractivity contribution is -0.125. The second-order valence-electron chi connectivity index (χ2n) is 6.11. The highest BCUT2D eigenvalue weighted by Crippen LogP contribution is 2.30. The van der Waals surface area contributed by atoms with E-state index in [2.05, 4.69) is 10.1 Å². The number of halogens is 4. The minimum atomic E-state index is -2.94. The number of carbonyl (C=O) groups excluding carboxylic acids is 1. The van der Waals surface area contributed by atoms with E-state index in [-0.39, 0.29) is 35.9 Å². The van der Waals surface area contributed by atoms with Gasteiger partial charge in [0, 0.05) is 26.2 Å². The summed E-state index contributed by atoms with van der Waals surface area (Å²) < 4.78 is 59.2. The Morgan fingerprint density at radius 3 is 2.77 bits per heavy atom. The second kappa shape index (κ2) is 6.95. The molecule has 0 radical (unpaired) electrons. The number of hydrogen-bond acceptors (Lipinski definition) is 5. The summed E-state index contributed by atoms with van der Waals surface area (Å²) in [6.45, 7) is 0.749. The average Bonchev–Trinajstić information content (AvgIpc) is 3.13. The molecule has 2 aromatic rings. The molecule has 0 spiro atoms. The number of fused-ring (bicyclic) bond motifs is 1. The number of ether oxygens (including phenoxy) is 1. The molecule has 0 aliphatic carbocycles. The zero-order valence-corrected chi connectivity index (χ0v) is 14.8. The maximum atomic E-state index is 13.3. The molecule has 0 fully saturated rings. The first-order valence-corrected chi connectivity index (χ1v) is 8.50. The molecule has 1 amide bonds. The van der Waals surface area contributed by atoms with Crippen LogP contribution in [-0.4, -0.2) is 45.0 Å². The van der Waals surface area contributed by atoms with Crippen LogP contribution < -0.4 is 0 Å². The molecule has 0 atom stereocenters. The molecule has 0 aromatic carbocycles. The van der Waals surface area contributed by atoms with Crippen LogP contribution in [0.4, 0.5) is 17.6 Å². The third-order valence-electron chi connectivity index (χ3n) is 3.76. The van der Waals surface area contributed by atoms with E-state index in [0.29, 0.717) is 5.01 Å². The molecule has 3 rings (SSSR count). The first-order chi connectivity index (χ1) is 12.2. The Bertz CT molecular complexity index is 856. The summed E-state index contributed by atoms with van der Waals surface area (Å²) in [5.41, 5.74) is -0.130. The van der Waals surface area contributed by atoms with Crippen molar-refractivity contribution in [2.24, 2.45) is 0 Å². The monoisotopic (exact) mass is 392 g/mol. The molecule has 0 saturated carbocycles. The van der Waals surface area contributed by atoms with E-state index in [1.165, 1.54) is 16.5 Å². The zero-order chi connectivity index (χ0) is 19.1. The Hall–Kier alpha value is -2.01. The average molecular weight is 392 g/mol. The highest BCUT2D eigenvalue weighted by Gasteiger charge is 2.31. The van der Waals surface area contributed by atoms with Crippen molar-refractivity contribution < 1.29 is 27.1 Å². The van der Waals surface area contributed by atoms with E-state index in [9.17, 15) is 22.4 Å². The number of alkyl halides is 4. The van der Waals surface area contributed by atoms with Crippen molar-refractivity contribution in [3.8, 4) is 0 Å². The Labute approximate surface area is 150 Å². The number of nitrogens with zero attached hydrogens (tertiary/aromatic N) is 4. The largest absolute Gasteiger partial charge is 0.377 e. The van der Waals surface area contributed by atoms with Crippen molar-refractivity contribution in [1.82, 2.24) is 19.5 Å². The van der Waals surface area contributed by atoms with Crippen LogP contribution in [0.15, 0.2) is 11.6 Å². The summed E-state index contributed by atoms with van der Waals surface area (Å²) >= 11 is 1.11. The van der Waals surface area contributed by atoms with Crippen molar-refractivity contribution in [2.75, 3.05) is 13.7 Å². The first kappa shape index (κ1) is 18.8. The molecule has 0 N–H and O–H groups in total. The summed E-state index contributed by atoms with van der Waals surface area (Å²) in [4.78, 5) is 17.5. The fraction of sp³-hybridized carbons (Fsp3) is 0.533. The molecule has 3 heterocycles. The molecule has 2 aromatic heterocycles. The van der Waals surface area contributed by atoms with Crippen LogP contribution in [0.5, 0.6) is 0 Å². The van der Waals surface area contributed by atoms with Gasteiger partial charge in [0.1, 0.15) is 10.7 Å². The quantitative estimate of drug-likeness (QED) is 0.679. The molecule has 1 aliphatic rings. The summed E-state index contributed by atoms with van der Waals surface area (Å²) in [7, 11) is 1.48. The fourth-order valence-electron chi connectivity index (χ4n) is 2.80. The lowest BCUT2D eigenvalue weighted by Gasteiger charge is -2.18. The van der Waals surface area contributed by atoms with Gasteiger partial charge in [-0.2, -0.15) is 5.10 Å². The third-order valence-corrected chi connectivity index (χ3v) is 4.64. The molecule has 0 saturated heterocycles. The number of hydrogen-bond donors (Lipinski definition) is 0. The number of amides is 1. The Kier molecular flexibility index (Phi) is 5.02. The topological polar surface area (TPSA) is 59.7 Å². The Morgan fingerprint density at radius 2 is 2.15 bits per heavy atom. The van der Waals surface area contributed by atoms with Gasteiger partial charge in [-0.15, -0.1) is 0 Å². The van der Waals surface area contributed by atoms with E-state index in [1.54, 1.807) is 0 Å². The van der Waals surface area contributed by atoms with Crippen LogP contribution in [0.2, 0.25) is 0 Å². The zero-order valence-electron chi connectivity index (χ0n) is 14.0. The molecular formula is C15H16F4N4O2S. The van der Waals surface area contributed by atoms with Gasteiger partial charge < -0.3 is 9.64 Å². The fourth-order valence-corrected chi connectivity index (χ4v) is 3.70. The summed E-state index contributed by atoms with van der Waals surface area (Å²) in [5.74, 6) is -3.43. The van der Waals surface area contributed by atoms with E-state index < -0.39 is 30.4 Å². The van der Waals surface area contributed by atoms with Crippen molar-refractivity contribution >= 4 is 22.2 Å². The number of imidazole rings is 1. The standard InChI is InChI=1S/C15H16F4N4O2S/c1-15(18,19)4-8-3-11(24)22(5-8)6-9-12(13(16)17)20-14-23(9)21-10(26-14)7-25-2/h3,13H,4-7H2,1-2H3. The molecule has 11 heteroatoms. The third kappa shape index (κ3) is 3.88. The highest BCUT2D eigenvalue weighted by molar-refractivity contribution is 7.16. The first-order valence-electron chi connectivity index (χ1n) is 7.68. The van der Waals surface area contributed by atoms with E-state index >= 15 is 0 Å². The number of rotatable bonds is 7. The maximum absolute atomic E-state index is 13.3. The van der Waals surface area contributed by atoms with Crippen LogP contribution >= 0.6 is 11.3 Å². The smallest absolute Gasteiger partial charge is 0.282 e. The lowest BCUT2D eigenvalue weighted by Crippen LogP contribution is -2.27. The van der Waals surface area contributed by atoms with Gasteiger partial charge in [0.05, 0.1) is 18.8 Å². The van der Waals surface area contributed by atoms with Crippen LogP contribution in [0.1, 0.15) is 36.2 Å². The van der Waals surface area contributed by atoms with Gasteiger partial charge in [0.25, 0.3) is 6.43 Å². The molecule has 6 nitrogen and oxygen atoms in total. The summed E-state index contributed by atoms with van der Waals surface area (Å²) in [6.07, 6.45) is -2.25. The predicted molar refractivity (Wildman–Crippen MR) is 85.3 cm³/mol. The predicted octanol–water partition coefficient (Wildman–Crippen LogP) is 3.19. The van der Waals surface area contributed by atoms with E-state index in [4.69, 9.17) is 4.74 Å².